The van der Waals surface area contributed by atoms with Gasteiger partial charge in [-0.1, -0.05) is 37.6 Å². The summed E-state index contributed by atoms with van der Waals surface area (Å²) < 4.78 is 10.3. The second-order valence-corrected chi connectivity index (χ2v) is 7.28. The van der Waals surface area contributed by atoms with Crippen molar-refractivity contribution < 1.29 is 24.0 Å². The van der Waals surface area contributed by atoms with Crippen molar-refractivity contribution in [1.29, 1.82) is 0 Å². The van der Waals surface area contributed by atoms with Crippen LogP contribution in [0.2, 0.25) is 5.02 Å². The summed E-state index contributed by atoms with van der Waals surface area (Å²) in [5.74, 6) is -0.934. The van der Waals surface area contributed by atoms with Gasteiger partial charge in [0, 0.05) is 11.6 Å². The van der Waals surface area contributed by atoms with Gasteiger partial charge in [0.2, 0.25) is 5.90 Å². The Bertz CT molecular complexity index is 1070. The van der Waals surface area contributed by atoms with E-state index in [1.807, 2.05) is 13.8 Å². The van der Waals surface area contributed by atoms with E-state index in [9.17, 15) is 19.7 Å². The average molecular weight is 429 g/mol. The molecule has 0 saturated heterocycles. The molecule has 0 spiro atoms. The number of aliphatic imine (C=N–C) groups is 1. The molecule has 9 heteroatoms. The summed E-state index contributed by atoms with van der Waals surface area (Å²) in [5, 5.41) is 11.0. The molecule has 0 amide bonds. The molecule has 30 heavy (non-hydrogen) atoms. The van der Waals surface area contributed by atoms with Crippen LogP contribution >= 0.6 is 11.6 Å². The zero-order valence-electron chi connectivity index (χ0n) is 16.1. The first-order chi connectivity index (χ1) is 14.2. The lowest BCUT2D eigenvalue weighted by molar-refractivity contribution is -0.384. The highest BCUT2D eigenvalue weighted by atomic mass is 35.5. The molecule has 2 aromatic rings. The molecule has 0 aromatic heterocycles. The number of carbonyl (C=O) groups excluding carboxylic acids is 2. The molecule has 0 atom stereocenters. The van der Waals surface area contributed by atoms with Crippen LogP contribution in [-0.2, 0) is 14.3 Å². The van der Waals surface area contributed by atoms with Crippen LogP contribution in [0.1, 0.15) is 35.3 Å². The molecule has 0 N–H and O–H groups in total. The number of hydrogen-bond acceptors (Lipinski definition) is 7. The summed E-state index contributed by atoms with van der Waals surface area (Å²) in [6.07, 6.45) is 1.49. The van der Waals surface area contributed by atoms with E-state index in [4.69, 9.17) is 21.1 Å². The number of nitrogens with zero attached hydrogens (tertiary/aromatic N) is 2. The molecule has 3 rings (SSSR count). The first-order valence-electron chi connectivity index (χ1n) is 8.98. The molecule has 0 saturated carbocycles. The van der Waals surface area contributed by atoms with Crippen molar-refractivity contribution in [2.75, 3.05) is 6.61 Å². The van der Waals surface area contributed by atoms with Gasteiger partial charge in [-0.05, 0) is 41.8 Å². The summed E-state index contributed by atoms with van der Waals surface area (Å²) >= 11 is 5.80. The molecule has 0 radical (unpaired) electrons. The Kier molecular flexibility index (Phi) is 6.27. The quantitative estimate of drug-likeness (QED) is 0.292. The maximum atomic E-state index is 12.1. The Morgan fingerprint density at radius 3 is 2.60 bits per heavy atom. The highest BCUT2D eigenvalue weighted by Crippen LogP contribution is 2.27. The molecule has 0 fully saturated rings. The molecule has 0 bridgehead atoms. The summed E-state index contributed by atoms with van der Waals surface area (Å²) in [6, 6.07) is 10.5. The van der Waals surface area contributed by atoms with Gasteiger partial charge in [-0.2, -0.15) is 0 Å². The number of nitro groups is 1. The van der Waals surface area contributed by atoms with Gasteiger partial charge < -0.3 is 9.47 Å². The predicted octanol–water partition coefficient (Wildman–Crippen LogP) is 4.41. The molecule has 1 aliphatic rings. The molecule has 0 unspecified atom stereocenters. The SMILES string of the molecule is CC(C)COC(=O)c1ccc(/C=C2\N=C(c3ccc(Cl)c([N+](=O)[O-])c3)OC2=O)cc1. The number of cyclic esters (lactones) is 1. The minimum Gasteiger partial charge on any atom is -0.462 e. The molecule has 1 aliphatic heterocycles. The Labute approximate surface area is 176 Å². The third-order valence-electron chi connectivity index (χ3n) is 4.01. The molecule has 154 valence electrons. The van der Waals surface area contributed by atoms with E-state index in [1.54, 1.807) is 24.3 Å². The zero-order valence-corrected chi connectivity index (χ0v) is 16.9. The van der Waals surface area contributed by atoms with Crippen LogP contribution in [-0.4, -0.2) is 29.4 Å². The fourth-order valence-electron chi connectivity index (χ4n) is 2.52. The number of carbonyl (C=O) groups is 2. The molecule has 0 aliphatic carbocycles. The van der Waals surface area contributed by atoms with Crippen LogP contribution in [0.5, 0.6) is 0 Å². The van der Waals surface area contributed by atoms with Crippen LogP contribution in [0.25, 0.3) is 6.08 Å². The lowest BCUT2D eigenvalue weighted by Gasteiger charge is -2.07. The fourth-order valence-corrected chi connectivity index (χ4v) is 2.70. The van der Waals surface area contributed by atoms with Gasteiger partial charge in [-0.25, -0.2) is 14.6 Å². The van der Waals surface area contributed by atoms with Crippen molar-refractivity contribution in [3.05, 3.63) is 80.0 Å². The topological polar surface area (TPSA) is 108 Å². The monoisotopic (exact) mass is 428 g/mol. The van der Waals surface area contributed by atoms with E-state index in [1.165, 1.54) is 24.3 Å². The van der Waals surface area contributed by atoms with Crippen molar-refractivity contribution in [3.63, 3.8) is 0 Å². The van der Waals surface area contributed by atoms with Crippen molar-refractivity contribution >= 4 is 41.2 Å². The van der Waals surface area contributed by atoms with Crippen molar-refractivity contribution in [3.8, 4) is 0 Å². The fraction of sp³-hybridized carbons (Fsp3) is 0.190. The number of halogens is 1. The molecule has 2 aromatic carbocycles. The largest absolute Gasteiger partial charge is 0.462 e. The van der Waals surface area contributed by atoms with E-state index >= 15 is 0 Å². The predicted molar refractivity (Wildman–Crippen MR) is 110 cm³/mol. The van der Waals surface area contributed by atoms with E-state index < -0.39 is 16.9 Å². The maximum absolute atomic E-state index is 12.1. The lowest BCUT2D eigenvalue weighted by Crippen LogP contribution is -2.10. The van der Waals surface area contributed by atoms with Gasteiger partial charge in [-0.15, -0.1) is 0 Å². The van der Waals surface area contributed by atoms with Crippen molar-refractivity contribution in [1.82, 2.24) is 0 Å². The Morgan fingerprint density at radius 2 is 1.97 bits per heavy atom. The number of rotatable bonds is 6. The molecule has 8 nitrogen and oxygen atoms in total. The molecule has 1 heterocycles. The Hall–Kier alpha value is -3.52. The van der Waals surface area contributed by atoms with Crippen molar-refractivity contribution in [2.45, 2.75) is 13.8 Å². The standard InChI is InChI=1S/C21H17ClN2O6/c1-12(2)11-29-20(25)14-5-3-13(4-6-14)9-17-21(26)30-19(23-17)15-7-8-16(22)18(10-15)24(27)28/h3-10,12H,11H2,1-2H3/b17-9-. The van der Waals surface area contributed by atoms with Crippen molar-refractivity contribution in [2.24, 2.45) is 10.9 Å². The summed E-state index contributed by atoms with van der Waals surface area (Å²) in [5.41, 5.74) is 0.980. The second kappa shape index (κ2) is 8.87. The number of ether oxygens (including phenoxy) is 2. The van der Waals surface area contributed by atoms with Crippen LogP contribution < -0.4 is 0 Å². The maximum Gasteiger partial charge on any atom is 0.363 e. The Balaban J connectivity index is 1.80. The van der Waals surface area contributed by atoms with Crippen LogP contribution in [0.4, 0.5) is 5.69 Å². The number of esters is 2. The molecular weight excluding hydrogens is 412 g/mol. The van der Waals surface area contributed by atoms with Gasteiger partial charge in [0.25, 0.3) is 5.69 Å². The third-order valence-corrected chi connectivity index (χ3v) is 4.33. The van der Waals surface area contributed by atoms with Gasteiger partial charge in [0.15, 0.2) is 5.70 Å². The number of nitro benzene ring substituents is 1. The smallest absolute Gasteiger partial charge is 0.363 e. The Morgan fingerprint density at radius 1 is 1.27 bits per heavy atom. The number of hydrogen-bond donors (Lipinski definition) is 0. The number of benzene rings is 2. The van der Waals surface area contributed by atoms with E-state index in [0.29, 0.717) is 17.7 Å². The average Bonchev–Trinajstić information content (AvgIpc) is 3.07. The molecular formula is C21H17ClN2O6. The first kappa shape index (κ1) is 21.2. The minimum absolute atomic E-state index is 0.0257. The normalized spacial score (nSPS) is 14.6. The van der Waals surface area contributed by atoms with E-state index in [-0.39, 0.29) is 33.8 Å². The third kappa shape index (κ3) is 4.90. The van der Waals surface area contributed by atoms with Crippen LogP contribution in [0.3, 0.4) is 0 Å². The minimum atomic E-state index is -0.692. The zero-order chi connectivity index (χ0) is 21.8. The van der Waals surface area contributed by atoms with E-state index in [0.717, 1.165) is 0 Å². The highest BCUT2D eigenvalue weighted by Gasteiger charge is 2.26. The first-order valence-corrected chi connectivity index (χ1v) is 9.36. The lowest BCUT2D eigenvalue weighted by atomic mass is 10.1. The van der Waals surface area contributed by atoms with E-state index in [2.05, 4.69) is 4.99 Å². The van der Waals surface area contributed by atoms with Crippen LogP contribution in [0, 0.1) is 16.0 Å². The second-order valence-electron chi connectivity index (χ2n) is 6.87. The summed E-state index contributed by atoms with van der Waals surface area (Å²) in [4.78, 5) is 38.6. The van der Waals surface area contributed by atoms with Gasteiger partial charge in [0.1, 0.15) is 5.02 Å². The van der Waals surface area contributed by atoms with Crippen LogP contribution in [0.15, 0.2) is 53.2 Å². The van der Waals surface area contributed by atoms with Gasteiger partial charge in [-0.3, -0.25) is 10.1 Å². The highest BCUT2D eigenvalue weighted by molar-refractivity contribution is 6.32. The van der Waals surface area contributed by atoms with Gasteiger partial charge >= 0.3 is 11.9 Å². The van der Waals surface area contributed by atoms with Gasteiger partial charge in [0.05, 0.1) is 17.1 Å². The summed E-state index contributed by atoms with van der Waals surface area (Å²) in [6.45, 7) is 4.22. The summed E-state index contributed by atoms with van der Waals surface area (Å²) in [7, 11) is 0.